The zero-order valence-electron chi connectivity index (χ0n) is 15.5. The number of nitrogens with zero attached hydrogens (tertiary/aromatic N) is 1. The highest BCUT2D eigenvalue weighted by atomic mass is 16.6. The Labute approximate surface area is 160 Å². The summed E-state index contributed by atoms with van der Waals surface area (Å²) >= 11 is 0. The number of rotatable bonds is 7. The molecule has 0 atom stereocenters. The van der Waals surface area contributed by atoms with Crippen LogP contribution in [0.3, 0.4) is 0 Å². The van der Waals surface area contributed by atoms with Gasteiger partial charge in [0.05, 0.1) is 26.3 Å². The number of aromatic nitrogens is 1. The lowest BCUT2D eigenvalue weighted by Crippen LogP contribution is -2.00. The van der Waals surface area contributed by atoms with Crippen LogP contribution in [0.25, 0.3) is 17.0 Å². The van der Waals surface area contributed by atoms with Gasteiger partial charge in [-0.05, 0) is 30.4 Å². The molecule has 0 aliphatic carbocycles. The van der Waals surface area contributed by atoms with E-state index in [9.17, 15) is 14.9 Å². The van der Waals surface area contributed by atoms with Gasteiger partial charge in [0, 0.05) is 40.4 Å². The second-order valence-electron chi connectivity index (χ2n) is 5.84. The Morgan fingerprint density at radius 3 is 2.32 bits per heavy atom. The van der Waals surface area contributed by atoms with E-state index in [1.54, 1.807) is 30.5 Å². The second kappa shape index (κ2) is 7.83. The third kappa shape index (κ3) is 3.52. The number of non-ortho nitro benzene ring substituents is 1. The van der Waals surface area contributed by atoms with Crippen molar-refractivity contribution >= 4 is 28.4 Å². The summed E-state index contributed by atoms with van der Waals surface area (Å²) in [7, 11) is 4.43. The number of nitrogens with one attached hydrogen (secondary N) is 1. The van der Waals surface area contributed by atoms with Gasteiger partial charge >= 0.3 is 0 Å². The maximum absolute atomic E-state index is 12.6. The summed E-state index contributed by atoms with van der Waals surface area (Å²) in [6.45, 7) is 0. The Kier molecular flexibility index (Phi) is 5.30. The minimum atomic E-state index is -0.457. The maximum atomic E-state index is 12.6. The summed E-state index contributed by atoms with van der Waals surface area (Å²) in [5.74, 6) is 0.871. The Hall–Kier alpha value is -3.81. The molecule has 28 heavy (non-hydrogen) atoms. The molecule has 144 valence electrons. The van der Waals surface area contributed by atoms with Gasteiger partial charge in [0.1, 0.15) is 0 Å². The van der Waals surface area contributed by atoms with Crippen molar-refractivity contribution in [3.8, 4) is 17.2 Å². The number of fused-ring (bicyclic) bond motifs is 1. The van der Waals surface area contributed by atoms with Gasteiger partial charge < -0.3 is 19.2 Å². The van der Waals surface area contributed by atoms with Crippen LogP contribution in [-0.2, 0) is 0 Å². The van der Waals surface area contributed by atoms with E-state index < -0.39 is 4.92 Å². The van der Waals surface area contributed by atoms with Crippen LogP contribution in [-0.4, -0.2) is 37.0 Å². The molecule has 8 heteroatoms. The number of benzene rings is 2. The van der Waals surface area contributed by atoms with E-state index in [0.717, 1.165) is 5.52 Å². The number of carbonyl (C=O) groups excluding carboxylic acids is 1. The minimum Gasteiger partial charge on any atom is -0.493 e. The standard InChI is InChI=1S/C20H18N2O6/c1-26-18-8-13(9-19(27-2)20(18)28-3)17(23)7-4-12-11-21-16-6-5-14(22(24)25)10-15(12)16/h4-11,21H,1-3H3/b7-4+. The van der Waals surface area contributed by atoms with Crippen LogP contribution in [0.1, 0.15) is 15.9 Å². The number of methoxy groups -OCH3 is 3. The number of nitro groups is 1. The smallest absolute Gasteiger partial charge is 0.270 e. The topological polar surface area (TPSA) is 104 Å². The Morgan fingerprint density at radius 1 is 1.07 bits per heavy atom. The molecule has 0 aliphatic rings. The summed E-state index contributed by atoms with van der Waals surface area (Å²) in [5, 5.41) is 11.6. The first kappa shape index (κ1) is 19.0. The van der Waals surface area contributed by atoms with Crippen molar-refractivity contribution in [2.45, 2.75) is 0 Å². The van der Waals surface area contributed by atoms with Crippen LogP contribution in [0, 0.1) is 10.1 Å². The molecular weight excluding hydrogens is 364 g/mol. The zero-order chi connectivity index (χ0) is 20.3. The van der Waals surface area contributed by atoms with E-state index in [-0.39, 0.29) is 11.5 Å². The van der Waals surface area contributed by atoms with Crippen molar-refractivity contribution in [3.63, 3.8) is 0 Å². The van der Waals surface area contributed by atoms with Gasteiger partial charge in [0.25, 0.3) is 5.69 Å². The lowest BCUT2D eigenvalue weighted by molar-refractivity contribution is -0.384. The van der Waals surface area contributed by atoms with E-state index in [2.05, 4.69) is 4.98 Å². The fourth-order valence-corrected chi connectivity index (χ4v) is 2.87. The van der Waals surface area contributed by atoms with Crippen molar-refractivity contribution in [2.75, 3.05) is 21.3 Å². The second-order valence-corrected chi connectivity index (χ2v) is 5.84. The fourth-order valence-electron chi connectivity index (χ4n) is 2.87. The van der Waals surface area contributed by atoms with Gasteiger partial charge in [-0.25, -0.2) is 0 Å². The predicted octanol–water partition coefficient (Wildman–Crippen LogP) is 4.00. The molecular formula is C20H18N2O6. The number of ketones is 1. The number of H-pyrrole nitrogens is 1. The van der Waals surface area contributed by atoms with Crippen molar-refractivity contribution in [1.82, 2.24) is 4.98 Å². The van der Waals surface area contributed by atoms with Gasteiger partial charge in [-0.1, -0.05) is 0 Å². The van der Waals surface area contributed by atoms with Crippen molar-refractivity contribution in [2.24, 2.45) is 0 Å². The van der Waals surface area contributed by atoms with Crippen LogP contribution < -0.4 is 14.2 Å². The van der Waals surface area contributed by atoms with E-state index in [1.807, 2.05) is 0 Å². The lowest BCUT2D eigenvalue weighted by atomic mass is 10.1. The Morgan fingerprint density at radius 2 is 1.75 bits per heavy atom. The Balaban J connectivity index is 1.95. The van der Waals surface area contributed by atoms with E-state index in [4.69, 9.17) is 14.2 Å². The normalized spacial score (nSPS) is 11.0. The van der Waals surface area contributed by atoms with E-state index in [0.29, 0.717) is 33.8 Å². The average Bonchev–Trinajstić information content (AvgIpc) is 3.12. The van der Waals surface area contributed by atoms with Crippen LogP contribution in [0.5, 0.6) is 17.2 Å². The summed E-state index contributed by atoms with van der Waals surface area (Å²) in [6.07, 6.45) is 4.68. The van der Waals surface area contributed by atoms with E-state index >= 15 is 0 Å². The van der Waals surface area contributed by atoms with Gasteiger partial charge in [0.2, 0.25) is 5.75 Å². The minimum absolute atomic E-state index is 0.0160. The fraction of sp³-hybridized carbons (Fsp3) is 0.150. The molecule has 0 saturated heterocycles. The predicted molar refractivity (Wildman–Crippen MR) is 104 cm³/mol. The molecule has 0 radical (unpaired) electrons. The number of hydrogen-bond donors (Lipinski definition) is 1. The summed E-state index contributed by atoms with van der Waals surface area (Å²) in [5.41, 5.74) is 1.75. The molecule has 0 aliphatic heterocycles. The lowest BCUT2D eigenvalue weighted by Gasteiger charge is -2.13. The number of aromatic amines is 1. The molecule has 0 bridgehead atoms. The summed E-state index contributed by atoms with van der Waals surface area (Å²) < 4.78 is 15.8. The average molecular weight is 382 g/mol. The largest absolute Gasteiger partial charge is 0.493 e. The molecule has 2 aromatic carbocycles. The van der Waals surface area contributed by atoms with Gasteiger partial charge in [-0.3, -0.25) is 14.9 Å². The van der Waals surface area contributed by atoms with Gasteiger partial charge in [-0.2, -0.15) is 0 Å². The number of ether oxygens (including phenoxy) is 3. The first-order chi connectivity index (χ1) is 13.5. The third-order valence-electron chi connectivity index (χ3n) is 4.27. The molecule has 3 rings (SSSR count). The van der Waals surface area contributed by atoms with Gasteiger partial charge in [0.15, 0.2) is 17.3 Å². The van der Waals surface area contributed by atoms with Crippen LogP contribution >= 0.6 is 0 Å². The van der Waals surface area contributed by atoms with E-state index in [1.165, 1.54) is 39.5 Å². The number of hydrogen-bond acceptors (Lipinski definition) is 6. The number of nitro benzene ring substituents is 1. The first-order valence-corrected chi connectivity index (χ1v) is 8.26. The third-order valence-corrected chi connectivity index (χ3v) is 4.27. The summed E-state index contributed by atoms with van der Waals surface area (Å²) in [4.78, 5) is 26.2. The van der Waals surface area contributed by atoms with Crippen molar-refractivity contribution in [3.05, 3.63) is 63.8 Å². The zero-order valence-corrected chi connectivity index (χ0v) is 15.5. The first-order valence-electron chi connectivity index (χ1n) is 8.26. The SMILES string of the molecule is COc1cc(C(=O)/C=C/c2c[nH]c3ccc([N+](=O)[O-])cc23)cc(OC)c1OC. The molecule has 0 saturated carbocycles. The van der Waals surface area contributed by atoms with Crippen molar-refractivity contribution in [1.29, 1.82) is 0 Å². The van der Waals surface area contributed by atoms with Crippen LogP contribution in [0.15, 0.2) is 42.6 Å². The molecule has 1 aromatic heterocycles. The molecule has 3 aromatic rings. The summed E-state index contributed by atoms with van der Waals surface area (Å²) in [6, 6.07) is 7.65. The molecule has 0 amide bonds. The highest BCUT2D eigenvalue weighted by molar-refractivity contribution is 6.08. The maximum Gasteiger partial charge on any atom is 0.270 e. The molecule has 8 nitrogen and oxygen atoms in total. The van der Waals surface area contributed by atoms with Gasteiger partial charge in [-0.15, -0.1) is 0 Å². The Bertz CT molecular complexity index is 1060. The van der Waals surface area contributed by atoms with Crippen LogP contribution in [0.2, 0.25) is 0 Å². The van der Waals surface area contributed by atoms with Crippen molar-refractivity contribution < 1.29 is 23.9 Å². The number of carbonyl (C=O) groups is 1. The molecule has 0 spiro atoms. The van der Waals surface area contributed by atoms with Crippen LogP contribution in [0.4, 0.5) is 5.69 Å². The molecule has 0 fully saturated rings. The highest BCUT2D eigenvalue weighted by Crippen LogP contribution is 2.38. The molecule has 1 heterocycles. The monoisotopic (exact) mass is 382 g/mol. The highest BCUT2D eigenvalue weighted by Gasteiger charge is 2.16. The quantitative estimate of drug-likeness (QED) is 0.287. The molecule has 0 unspecified atom stereocenters. The molecule has 1 N–H and O–H groups in total. The number of allylic oxidation sites excluding steroid dienone is 1.